The van der Waals surface area contributed by atoms with Crippen molar-refractivity contribution in [1.82, 2.24) is 4.90 Å². The van der Waals surface area contributed by atoms with Crippen molar-refractivity contribution < 1.29 is 14.2 Å². The van der Waals surface area contributed by atoms with Gasteiger partial charge in [0, 0.05) is 19.6 Å². The zero-order valence-electron chi connectivity index (χ0n) is 12.5. The summed E-state index contributed by atoms with van der Waals surface area (Å²) in [5, 5.41) is 0. The van der Waals surface area contributed by atoms with E-state index in [0.717, 1.165) is 18.8 Å². The summed E-state index contributed by atoms with van der Waals surface area (Å²) in [6.07, 6.45) is 0. The highest BCUT2D eigenvalue weighted by atomic mass is 16.5. The molecule has 0 bridgehead atoms. The first-order valence-electron chi connectivity index (χ1n) is 6.93. The molecule has 0 aliphatic rings. The first-order chi connectivity index (χ1) is 9.76. The molecule has 0 saturated heterocycles. The molecule has 0 radical (unpaired) electrons. The maximum absolute atomic E-state index is 5.50. The number of hydrogen-bond acceptors (Lipinski definition) is 5. The van der Waals surface area contributed by atoms with Crippen LogP contribution in [0, 0.1) is 0 Å². The summed E-state index contributed by atoms with van der Waals surface area (Å²) in [7, 11) is 3.76. The monoisotopic (exact) mass is 282 g/mol. The lowest BCUT2D eigenvalue weighted by atomic mass is 10.2. The van der Waals surface area contributed by atoms with Gasteiger partial charge in [0.05, 0.1) is 33.5 Å². The second-order valence-electron chi connectivity index (χ2n) is 4.60. The minimum absolute atomic E-state index is 0.560. The third-order valence-corrected chi connectivity index (χ3v) is 2.86. The predicted octanol–water partition coefficient (Wildman–Crippen LogP) is 1.12. The molecule has 0 saturated carbocycles. The Labute approximate surface area is 121 Å². The smallest absolute Gasteiger partial charge is 0.118 e. The summed E-state index contributed by atoms with van der Waals surface area (Å²) >= 11 is 0. The predicted molar refractivity (Wildman–Crippen MR) is 80.0 cm³/mol. The highest BCUT2D eigenvalue weighted by Gasteiger charge is 2.01. The Bertz CT molecular complexity index is 343. The van der Waals surface area contributed by atoms with Gasteiger partial charge in [-0.2, -0.15) is 0 Å². The molecule has 1 aromatic rings. The Hall–Kier alpha value is -1.14. The first-order valence-corrected chi connectivity index (χ1v) is 6.93. The van der Waals surface area contributed by atoms with Crippen LogP contribution in [0.3, 0.4) is 0 Å². The van der Waals surface area contributed by atoms with Crippen LogP contribution in [0.1, 0.15) is 5.56 Å². The van der Waals surface area contributed by atoms with Crippen molar-refractivity contribution in [1.29, 1.82) is 0 Å². The second-order valence-corrected chi connectivity index (χ2v) is 4.60. The van der Waals surface area contributed by atoms with Crippen LogP contribution < -0.4 is 10.5 Å². The summed E-state index contributed by atoms with van der Waals surface area (Å²) in [6, 6.07) is 8.12. The minimum Gasteiger partial charge on any atom is -0.497 e. The van der Waals surface area contributed by atoms with Gasteiger partial charge in [0.2, 0.25) is 0 Å². The van der Waals surface area contributed by atoms with Gasteiger partial charge < -0.3 is 19.9 Å². The first kappa shape index (κ1) is 16.9. The van der Waals surface area contributed by atoms with E-state index in [4.69, 9.17) is 19.9 Å². The van der Waals surface area contributed by atoms with E-state index in [2.05, 4.69) is 24.1 Å². The molecule has 0 heterocycles. The van der Waals surface area contributed by atoms with Gasteiger partial charge in [0.15, 0.2) is 0 Å². The summed E-state index contributed by atoms with van der Waals surface area (Å²) < 4.78 is 15.9. The molecular weight excluding hydrogens is 256 g/mol. The van der Waals surface area contributed by atoms with Gasteiger partial charge in [-0.05, 0) is 24.7 Å². The van der Waals surface area contributed by atoms with Crippen LogP contribution in [0.5, 0.6) is 5.75 Å². The van der Waals surface area contributed by atoms with E-state index in [-0.39, 0.29) is 0 Å². The maximum atomic E-state index is 5.50. The van der Waals surface area contributed by atoms with Crippen LogP contribution in [0.15, 0.2) is 24.3 Å². The van der Waals surface area contributed by atoms with Crippen molar-refractivity contribution in [2.45, 2.75) is 6.54 Å². The third kappa shape index (κ3) is 7.45. The third-order valence-electron chi connectivity index (χ3n) is 2.86. The summed E-state index contributed by atoms with van der Waals surface area (Å²) in [6.45, 7) is 4.89. The normalized spacial score (nSPS) is 11.0. The Kier molecular flexibility index (Phi) is 8.98. The molecule has 0 amide bonds. The van der Waals surface area contributed by atoms with Crippen molar-refractivity contribution in [3.05, 3.63) is 29.8 Å². The Morgan fingerprint density at radius 3 is 2.25 bits per heavy atom. The number of hydrogen-bond donors (Lipinski definition) is 1. The van der Waals surface area contributed by atoms with Crippen molar-refractivity contribution in [2.75, 3.05) is 53.7 Å². The molecule has 0 aromatic heterocycles. The largest absolute Gasteiger partial charge is 0.497 e. The molecular formula is C15H26N2O3. The molecule has 0 aliphatic carbocycles. The fraction of sp³-hybridized carbons (Fsp3) is 0.600. The van der Waals surface area contributed by atoms with Crippen LogP contribution in [-0.4, -0.2) is 58.6 Å². The van der Waals surface area contributed by atoms with E-state index >= 15 is 0 Å². The van der Waals surface area contributed by atoms with Crippen molar-refractivity contribution >= 4 is 0 Å². The molecule has 5 heteroatoms. The van der Waals surface area contributed by atoms with Crippen molar-refractivity contribution in [3.8, 4) is 5.75 Å². The van der Waals surface area contributed by atoms with E-state index in [1.165, 1.54) is 5.56 Å². The Morgan fingerprint density at radius 2 is 1.65 bits per heavy atom. The van der Waals surface area contributed by atoms with E-state index in [0.29, 0.717) is 33.0 Å². The molecule has 0 aliphatic heterocycles. The fourth-order valence-corrected chi connectivity index (χ4v) is 1.75. The topological polar surface area (TPSA) is 57.0 Å². The van der Waals surface area contributed by atoms with Crippen LogP contribution in [0.25, 0.3) is 0 Å². The Balaban J connectivity index is 2.08. The van der Waals surface area contributed by atoms with E-state index in [9.17, 15) is 0 Å². The number of methoxy groups -OCH3 is 1. The lowest BCUT2D eigenvalue weighted by Gasteiger charge is -2.17. The van der Waals surface area contributed by atoms with Crippen LogP contribution >= 0.6 is 0 Å². The molecule has 0 spiro atoms. The highest BCUT2D eigenvalue weighted by molar-refractivity contribution is 5.26. The van der Waals surface area contributed by atoms with Crippen LogP contribution in [0.4, 0.5) is 0 Å². The van der Waals surface area contributed by atoms with E-state index < -0.39 is 0 Å². The molecule has 1 aromatic carbocycles. The van der Waals surface area contributed by atoms with Crippen LogP contribution in [0.2, 0.25) is 0 Å². The van der Waals surface area contributed by atoms with Gasteiger partial charge in [-0.25, -0.2) is 0 Å². The summed E-state index contributed by atoms with van der Waals surface area (Å²) in [4.78, 5) is 2.22. The number of rotatable bonds is 11. The zero-order chi connectivity index (χ0) is 14.6. The molecule has 0 fully saturated rings. The zero-order valence-corrected chi connectivity index (χ0v) is 12.5. The maximum Gasteiger partial charge on any atom is 0.118 e. The van der Waals surface area contributed by atoms with Crippen LogP contribution in [-0.2, 0) is 16.0 Å². The van der Waals surface area contributed by atoms with Gasteiger partial charge in [0.1, 0.15) is 5.75 Å². The molecule has 1 rings (SSSR count). The van der Waals surface area contributed by atoms with Gasteiger partial charge in [-0.3, -0.25) is 4.90 Å². The SMILES string of the molecule is COc1ccc(CN(C)CCOCCOCCN)cc1. The van der Waals surface area contributed by atoms with Crippen molar-refractivity contribution in [3.63, 3.8) is 0 Å². The summed E-state index contributed by atoms with van der Waals surface area (Å²) in [5.74, 6) is 0.886. The summed E-state index contributed by atoms with van der Waals surface area (Å²) in [5.41, 5.74) is 6.58. The molecule has 0 unspecified atom stereocenters. The van der Waals surface area contributed by atoms with Crippen molar-refractivity contribution in [2.24, 2.45) is 5.73 Å². The molecule has 114 valence electrons. The number of benzene rings is 1. The van der Waals surface area contributed by atoms with Gasteiger partial charge in [0.25, 0.3) is 0 Å². The van der Waals surface area contributed by atoms with E-state index in [1.54, 1.807) is 7.11 Å². The fourth-order valence-electron chi connectivity index (χ4n) is 1.75. The number of likely N-dealkylation sites (N-methyl/N-ethyl adjacent to an activating group) is 1. The molecule has 0 atom stereocenters. The lowest BCUT2D eigenvalue weighted by molar-refractivity contribution is 0.0429. The molecule has 20 heavy (non-hydrogen) atoms. The second kappa shape index (κ2) is 10.6. The minimum atomic E-state index is 0.560. The number of nitrogens with two attached hydrogens (primary N) is 1. The lowest BCUT2D eigenvalue weighted by Crippen LogP contribution is -2.23. The highest BCUT2D eigenvalue weighted by Crippen LogP contribution is 2.12. The number of nitrogens with zero attached hydrogens (tertiary/aromatic N) is 1. The van der Waals surface area contributed by atoms with Gasteiger partial charge >= 0.3 is 0 Å². The van der Waals surface area contributed by atoms with Gasteiger partial charge in [-0.15, -0.1) is 0 Å². The average molecular weight is 282 g/mol. The standard InChI is InChI=1S/C15H26N2O3/c1-17(8-10-20-12-11-19-9-7-16)13-14-3-5-15(18-2)6-4-14/h3-6H,7-13,16H2,1-2H3. The Morgan fingerprint density at radius 1 is 1.00 bits per heavy atom. The number of ether oxygens (including phenoxy) is 3. The van der Waals surface area contributed by atoms with Gasteiger partial charge in [-0.1, -0.05) is 12.1 Å². The average Bonchev–Trinajstić information content (AvgIpc) is 2.47. The quantitative estimate of drug-likeness (QED) is 0.616. The van der Waals surface area contributed by atoms with E-state index in [1.807, 2.05) is 12.1 Å². The molecule has 5 nitrogen and oxygen atoms in total. The molecule has 2 N–H and O–H groups in total.